The molecule has 0 aliphatic heterocycles. The van der Waals surface area contributed by atoms with E-state index in [2.05, 4.69) is 4.98 Å². The topological polar surface area (TPSA) is 76.2 Å². The first kappa shape index (κ1) is 9.15. The van der Waals surface area contributed by atoms with E-state index in [4.69, 9.17) is 10.8 Å². The number of hydrogen-bond donors (Lipinski definition) is 2. The molecule has 74 valence electrons. The minimum atomic E-state index is -0.833. The molecule has 1 fully saturated rings. The average molecular weight is 192 g/mol. The lowest BCUT2D eigenvalue weighted by Gasteiger charge is -2.41. The summed E-state index contributed by atoms with van der Waals surface area (Å²) in [7, 11) is 0. The Balaban J connectivity index is 2.34. The van der Waals surface area contributed by atoms with Gasteiger partial charge in [-0.05, 0) is 25.0 Å². The fraction of sp³-hybridized carbons (Fsp3) is 0.400. The quantitative estimate of drug-likeness (QED) is 0.716. The van der Waals surface area contributed by atoms with Gasteiger partial charge in [-0.2, -0.15) is 0 Å². The maximum Gasteiger partial charge on any atom is 0.315 e. The van der Waals surface area contributed by atoms with Crippen LogP contribution in [0.1, 0.15) is 18.5 Å². The number of carbonyl (C=O) groups is 1. The number of carboxylic acid groups (broad SMARTS) is 1. The van der Waals surface area contributed by atoms with Gasteiger partial charge in [-0.1, -0.05) is 6.07 Å². The molecule has 4 heteroatoms. The molecule has 14 heavy (non-hydrogen) atoms. The fourth-order valence-electron chi connectivity index (χ4n) is 1.97. The second-order valence-corrected chi connectivity index (χ2v) is 3.77. The number of pyridine rings is 1. The van der Waals surface area contributed by atoms with Gasteiger partial charge in [0, 0.05) is 12.2 Å². The SMILES string of the molecule is NC1CC(C(=O)O)(c2ccccn2)C1. The summed E-state index contributed by atoms with van der Waals surface area (Å²) in [4.78, 5) is 15.2. The molecule has 1 aromatic heterocycles. The lowest BCUT2D eigenvalue weighted by atomic mass is 9.63. The molecule has 1 heterocycles. The Morgan fingerprint density at radius 1 is 1.57 bits per heavy atom. The lowest BCUT2D eigenvalue weighted by Crippen LogP contribution is -2.54. The maximum absolute atomic E-state index is 11.2. The molecule has 0 atom stereocenters. The van der Waals surface area contributed by atoms with Crippen LogP contribution < -0.4 is 5.73 Å². The molecule has 0 spiro atoms. The van der Waals surface area contributed by atoms with Crippen molar-refractivity contribution in [1.29, 1.82) is 0 Å². The van der Waals surface area contributed by atoms with Crippen molar-refractivity contribution >= 4 is 5.97 Å². The van der Waals surface area contributed by atoms with E-state index in [-0.39, 0.29) is 6.04 Å². The van der Waals surface area contributed by atoms with Crippen LogP contribution in [0, 0.1) is 0 Å². The zero-order valence-electron chi connectivity index (χ0n) is 7.68. The first-order chi connectivity index (χ1) is 6.65. The summed E-state index contributed by atoms with van der Waals surface area (Å²) >= 11 is 0. The van der Waals surface area contributed by atoms with Crippen LogP contribution in [0.3, 0.4) is 0 Å². The van der Waals surface area contributed by atoms with Crippen molar-refractivity contribution in [3.63, 3.8) is 0 Å². The van der Waals surface area contributed by atoms with E-state index in [1.807, 2.05) is 0 Å². The molecule has 1 aliphatic rings. The minimum absolute atomic E-state index is 0.00638. The highest BCUT2D eigenvalue weighted by Crippen LogP contribution is 2.42. The van der Waals surface area contributed by atoms with E-state index >= 15 is 0 Å². The van der Waals surface area contributed by atoms with Crippen LogP contribution in [0.25, 0.3) is 0 Å². The van der Waals surface area contributed by atoms with Crippen LogP contribution in [-0.2, 0) is 10.2 Å². The highest BCUT2D eigenvalue weighted by molar-refractivity contribution is 5.82. The van der Waals surface area contributed by atoms with Crippen LogP contribution in [0.2, 0.25) is 0 Å². The van der Waals surface area contributed by atoms with Gasteiger partial charge < -0.3 is 10.8 Å². The van der Waals surface area contributed by atoms with Gasteiger partial charge in [0.05, 0.1) is 5.69 Å². The monoisotopic (exact) mass is 192 g/mol. The smallest absolute Gasteiger partial charge is 0.315 e. The van der Waals surface area contributed by atoms with E-state index in [1.54, 1.807) is 24.4 Å². The third-order valence-corrected chi connectivity index (χ3v) is 2.79. The molecule has 0 saturated heterocycles. The Bertz CT molecular complexity index is 344. The summed E-state index contributed by atoms with van der Waals surface area (Å²) in [6.07, 6.45) is 2.59. The highest BCUT2D eigenvalue weighted by Gasteiger charge is 2.51. The number of nitrogens with two attached hydrogens (primary N) is 1. The molecule has 1 aromatic rings. The number of nitrogens with zero attached hydrogens (tertiary/aromatic N) is 1. The Morgan fingerprint density at radius 2 is 2.29 bits per heavy atom. The van der Waals surface area contributed by atoms with Crippen LogP contribution >= 0.6 is 0 Å². The number of rotatable bonds is 2. The summed E-state index contributed by atoms with van der Waals surface area (Å²) in [6.45, 7) is 0. The van der Waals surface area contributed by atoms with Crippen molar-refractivity contribution in [2.75, 3.05) is 0 Å². The predicted molar refractivity (Wildman–Crippen MR) is 50.8 cm³/mol. The van der Waals surface area contributed by atoms with Crippen molar-refractivity contribution in [3.8, 4) is 0 Å². The number of carboxylic acids is 1. The van der Waals surface area contributed by atoms with E-state index in [0.717, 1.165) is 0 Å². The molecule has 0 aromatic carbocycles. The Hall–Kier alpha value is -1.42. The first-order valence-corrected chi connectivity index (χ1v) is 4.56. The zero-order chi connectivity index (χ0) is 10.2. The van der Waals surface area contributed by atoms with Crippen molar-refractivity contribution in [2.24, 2.45) is 5.73 Å². The third kappa shape index (κ3) is 1.19. The third-order valence-electron chi connectivity index (χ3n) is 2.79. The van der Waals surface area contributed by atoms with Crippen molar-refractivity contribution in [3.05, 3.63) is 30.1 Å². The normalized spacial score (nSPS) is 30.8. The van der Waals surface area contributed by atoms with Crippen LogP contribution in [-0.4, -0.2) is 22.1 Å². The number of hydrogen-bond acceptors (Lipinski definition) is 3. The molecule has 4 nitrogen and oxygen atoms in total. The van der Waals surface area contributed by atoms with Crippen molar-refractivity contribution in [2.45, 2.75) is 24.3 Å². The molecule has 3 N–H and O–H groups in total. The molecule has 2 rings (SSSR count). The van der Waals surface area contributed by atoms with E-state index in [0.29, 0.717) is 18.5 Å². The standard InChI is InChI=1S/C10H12N2O2/c11-7-5-10(6-7,9(13)14)8-3-1-2-4-12-8/h1-4,7H,5-6,11H2,(H,13,14). The highest BCUT2D eigenvalue weighted by atomic mass is 16.4. The molecule has 1 saturated carbocycles. The Labute approximate surface area is 81.8 Å². The molecule has 0 bridgehead atoms. The largest absolute Gasteiger partial charge is 0.481 e. The van der Waals surface area contributed by atoms with Gasteiger partial charge in [-0.3, -0.25) is 9.78 Å². The fourth-order valence-corrected chi connectivity index (χ4v) is 1.97. The summed E-state index contributed by atoms with van der Waals surface area (Å²) in [5.74, 6) is -0.821. The average Bonchev–Trinajstić information content (AvgIpc) is 2.13. The van der Waals surface area contributed by atoms with Crippen LogP contribution in [0.4, 0.5) is 0 Å². The maximum atomic E-state index is 11.2. The summed E-state index contributed by atoms with van der Waals surface area (Å²) < 4.78 is 0. The van der Waals surface area contributed by atoms with Gasteiger partial charge in [0.15, 0.2) is 0 Å². The summed E-state index contributed by atoms with van der Waals surface area (Å²) in [5, 5.41) is 9.16. The van der Waals surface area contributed by atoms with Gasteiger partial charge in [0.2, 0.25) is 0 Å². The second kappa shape index (κ2) is 3.06. The Morgan fingerprint density at radius 3 is 2.71 bits per heavy atom. The van der Waals surface area contributed by atoms with Crippen LogP contribution in [0.5, 0.6) is 0 Å². The van der Waals surface area contributed by atoms with Crippen molar-refractivity contribution in [1.82, 2.24) is 4.98 Å². The first-order valence-electron chi connectivity index (χ1n) is 4.56. The molecule has 0 radical (unpaired) electrons. The summed E-state index contributed by atoms with van der Waals surface area (Å²) in [5.41, 5.74) is 5.43. The van der Waals surface area contributed by atoms with E-state index < -0.39 is 11.4 Å². The lowest BCUT2D eigenvalue weighted by molar-refractivity contribution is -0.148. The van der Waals surface area contributed by atoms with E-state index in [9.17, 15) is 4.79 Å². The minimum Gasteiger partial charge on any atom is -0.481 e. The molecule has 0 unspecified atom stereocenters. The Kier molecular flexibility index (Phi) is 2.00. The number of aromatic nitrogens is 1. The van der Waals surface area contributed by atoms with Gasteiger partial charge in [0.25, 0.3) is 0 Å². The molecule has 1 aliphatic carbocycles. The van der Waals surface area contributed by atoms with Gasteiger partial charge >= 0.3 is 5.97 Å². The van der Waals surface area contributed by atoms with Crippen molar-refractivity contribution < 1.29 is 9.90 Å². The molecular formula is C10H12N2O2. The molecular weight excluding hydrogens is 180 g/mol. The second-order valence-electron chi connectivity index (χ2n) is 3.77. The van der Waals surface area contributed by atoms with Gasteiger partial charge in [-0.25, -0.2) is 0 Å². The summed E-state index contributed by atoms with van der Waals surface area (Å²) in [6, 6.07) is 5.32. The van der Waals surface area contributed by atoms with Gasteiger partial charge in [0.1, 0.15) is 5.41 Å². The zero-order valence-corrected chi connectivity index (χ0v) is 7.68. The van der Waals surface area contributed by atoms with Crippen LogP contribution in [0.15, 0.2) is 24.4 Å². The van der Waals surface area contributed by atoms with E-state index in [1.165, 1.54) is 0 Å². The predicted octanol–water partition coefficient (Wildman–Crippen LogP) is 0.525. The number of aliphatic carboxylic acids is 1. The molecule has 0 amide bonds. The van der Waals surface area contributed by atoms with Gasteiger partial charge in [-0.15, -0.1) is 0 Å².